The van der Waals surface area contributed by atoms with Gasteiger partial charge in [-0.3, -0.25) is 4.98 Å². The summed E-state index contributed by atoms with van der Waals surface area (Å²) in [5, 5.41) is 23.7. The number of benzene rings is 5. The minimum absolute atomic E-state index is 1.04. The maximum absolute atomic E-state index is 5.63. The number of pyridine rings is 2. The lowest BCUT2D eigenvalue weighted by atomic mass is 9.82. The highest BCUT2D eigenvalue weighted by atomic mass is 32.1. The Kier molecular flexibility index (Phi) is 5.77. The van der Waals surface area contributed by atoms with Gasteiger partial charge in [0.1, 0.15) is 0 Å². The summed E-state index contributed by atoms with van der Waals surface area (Å²) in [5.74, 6) is 0. The van der Waals surface area contributed by atoms with Crippen molar-refractivity contribution in [3.63, 3.8) is 0 Å². The van der Waals surface area contributed by atoms with Crippen molar-refractivity contribution in [3.05, 3.63) is 131 Å². The fraction of sp³-hybridized carbons (Fsp3) is 0. The van der Waals surface area contributed by atoms with Gasteiger partial charge in [0.05, 0.1) is 21.1 Å². The number of aromatic nitrogens is 2. The van der Waals surface area contributed by atoms with Crippen LogP contribution < -0.4 is 0 Å². The summed E-state index contributed by atoms with van der Waals surface area (Å²) in [6, 6.07) is 35.8. The van der Waals surface area contributed by atoms with Crippen molar-refractivity contribution < 1.29 is 0 Å². The van der Waals surface area contributed by atoms with Crippen LogP contribution in [0.2, 0.25) is 0 Å². The van der Waals surface area contributed by atoms with Crippen LogP contribution >= 0.6 is 45.3 Å². The SMILES string of the molecule is c1csc(-c2nc(-c3cccs3)c3cc4c5ccccc5cc5c6cncc7ccc(-c8cccs8)c(c76)c(c3c2-c2cccs2)c45)c1. The average molecular weight is 683 g/mol. The van der Waals surface area contributed by atoms with Crippen molar-refractivity contribution in [2.45, 2.75) is 0 Å². The summed E-state index contributed by atoms with van der Waals surface area (Å²) in [5.41, 5.74) is 4.57. The monoisotopic (exact) mass is 682 g/mol. The third-order valence-corrected chi connectivity index (χ3v) is 13.2. The van der Waals surface area contributed by atoms with E-state index in [9.17, 15) is 0 Å². The quantitative estimate of drug-likeness (QED) is 0.136. The van der Waals surface area contributed by atoms with Gasteiger partial charge in [-0.25, -0.2) is 4.98 Å². The molecule has 0 N–H and O–H groups in total. The first-order valence-electron chi connectivity index (χ1n) is 15.8. The lowest BCUT2D eigenvalue weighted by molar-refractivity contribution is 1.39. The molecule has 0 atom stereocenters. The normalized spacial score (nSPS) is 12.2. The van der Waals surface area contributed by atoms with Gasteiger partial charge in [0.15, 0.2) is 0 Å². The van der Waals surface area contributed by atoms with E-state index >= 15 is 0 Å². The second kappa shape index (κ2) is 10.3. The van der Waals surface area contributed by atoms with Crippen LogP contribution in [0.3, 0.4) is 0 Å². The third kappa shape index (κ3) is 3.71. The van der Waals surface area contributed by atoms with Gasteiger partial charge in [-0.15, -0.1) is 45.3 Å². The van der Waals surface area contributed by atoms with Gasteiger partial charge >= 0.3 is 0 Å². The highest BCUT2D eigenvalue weighted by Gasteiger charge is 2.27. The molecule has 0 spiro atoms. The molecule has 0 aliphatic rings. The molecule has 0 aliphatic carbocycles. The van der Waals surface area contributed by atoms with Gasteiger partial charge in [-0.1, -0.05) is 60.7 Å². The fourth-order valence-electron chi connectivity index (χ4n) is 7.75. The number of hydrogen-bond donors (Lipinski definition) is 0. The van der Waals surface area contributed by atoms with Gasteiger partial charge in [0, 0.05) is 71.0 Å². The maximum atomic E-state index is 5.63. The first-order chi connectivity index (χ1) is 23.8. The van der Waals surface area contributed by atoms with Crippen LogP contribution in [0.15, 0.2) is 131 Å². The van der Waals surface area contributed by atoms with Crippen LogP contribution in [0.1, 0.15) is 0 Å². The van der Waals surface area contributed by atoms with Crippen LogP contribution in [0.5, 0.6) is 0 Å². The molecule has 0 saturated heterocycles. The molecule has 48 heavy (non-hydrogen) atoms. The molecule has 6 heterocycles. The summed E-state index contributed by atoms with van der Waals surface area (Å²) in [4.78, 5) is 15.3. The van der Waals surface area contributed by atoms with Gasteiger partial charge < -0.3 is 0 Å². The second-order valence-corrected chi connectivity index (χ2v) is 15.9. The molecule has 6 aromatic heterocycles. The zero-order valence-electron chi connectivity index (χ0n) is 25.2. The summed E-state index contributed by atoms with van der Waals surface area (Å²) < 4.78 is 0. The molecule has 2 nitrogen and oxygen atoms in total. The van der Waals surface area contributed by atoms with Crippen molar-refractivity contribution in [1.82, 2.24) is 9.97 Å². The first kappa shape index (κ1) is 27.0. The summed E-state index contributed by atoms with van der Waals surface area (Å²) in [6.07, 6.45) is 4.12. The maximum Gasteiger partial charge on any atom is 0.0902 e. The molecule has 0 aliphatic heterocycles. The van der Waals surface area contributed by atoms with E-state index in [-0.39, 0.29) is 0 Å². The molecule has 11 rings (SSSR count). The standard InChI is InChI=1S/C42H22N2S4/c1-2-8-25-23(7-1)19-27-30-22-43-21-24-13-14-26(31-9-3-15-45-31)37(35(24)30)40-36(27)28(25)20-29-38(40)39(32-10-4-16-46-32)42(34-12-6-18-48-34)44-41(29)33-11-5-17-47-33/h1-22H. The van der Waals surface area contributed by atoms with Crippen LogP contribution in [-0.4, -0.2) is 9.97 Å². The highest BCUT2D eigenvalue weighted by Crippen LogP contribution is 2.53. The zero-order chi connectivity index (χ0) is 31.3. The minimum Gasteiger partial charge on any atom is -0.263 e. The Morgan fingerprint density at radius 1 is 0.396 bits per heavy atom. The van der Waals surface area contributed by atoms with E-state index in [1.165, 1.54) is 89.9 Å². The molecular weight excluding hydrogens is 661 g/mol. The van der Waals surface area contributed by atoms with Gasteiger partial charge in [0.2, 0.25) is 0 Å². The van der Waals surface area contributed by atoms with Gasteiger partial charge in [0.25, 0.3) is 0 Å². The molecule has 0 radical (unpaired) electrons. The number of thiophene rings is 4. The molecule has 0 unspecified atom stereocenters. The van der Waals surface area contributed by atoms with E-state index in [1.807, 2.05) is 6.20 Å². The summed E-state index contributed by atoms with van der Waals surface area (Å²) in [7, 11) is 0. The lowest BCUT2D eigenvalue weighted by Crippen LogP contribution is -1.97. The van der Waals surface area contributed by atoms with Crippen molar-refractivity contribution in [1.29, 1.82) is 0 Å². The number of nitrogens with zero attached hydrogens (tertiary/aromatic N) is 2. The summed E-state index contributed by atoms with van der Waals surface area (Å²) >= 11 is 7.12. The van der Waals surface area contributed by atoms with E-state index in [0.29, 0.717) is 0 Å². The average Bonchev–Trinajstić information content (AvgIpc) is 3.98. The van der Waals surface area contributed by atoms with Crippen LogP contribution in [0, 0.1) is 0 Å². The van der Waals surface area contributed by atoms with E-state index in [2.05, 4.69) is 125 Å². The Labute approximate surface area is 291 Å². The third-order valence-electron chi connectivity index (χ3n) is 9.64. The fourth-order valence-corrected chi connectivity index (χ4v) is 10.7. The molecule has 0 amide bonds. The number of hydrogen-bond acceptors (Lipinski definition) is 6. The van der Waals surface area contributed by atoms with E-state index in [1.54, 1.807) is 45.3 Å². The van der Waals surface area contributed by atoms with Gasteiger partial charge in [-0.05, 0) is 84.8 Å². The number of rotatable bonds is 4. The smallest absolute Gasteiger partial charge is 0.0902 e. The molecular formula is C42H22N2S4. The molecule has 5 aromatic carbocycles. The second-order valence-electron chi connectivity index (χ2n) is 12.1. The predicted molar refractivity (Wildman–Crippen MR) is 212 cm³/mol. The minimum atomic E-state index is 1.04. The van der Waals surface area contributed by atoms with Crippen molar-refractivity contribution in [2.24, 2.45) is 0 Å². The molecule has 11 aromatic rings. The molecule has 0 fully saturated rings. The molecule has 0 saturated carbocycles. The van der Waals surface area contributed by atoms with Crippen LogP contribution in [0.25, 0.3) is 107 Å². The van der Waals surface area contributed by atoms with Crippen LogP contribution in [-0.2, 0) is 0 Å². The molecule has 224 valence electrons. The largest absolute Gasteiger partial charge is 0.263 e. The Morgan fingerprint density at radius 2 is 1.08 bits per heavy atom. The zero-order valence-corrected chi connectivity index (χ0v) is 28.5. The Morgan fingerprint density at radius 3 is 1.83 bits per heavy atom. The van der Waals surface area contributed by atoms with Crippen molar-refractivity contribution in [2.75, 3.05) is 0 Å². The molecule has 6 heteroatoms. The van der Waals surface area contributed by atoms with Crippen molar-refractivity contribution in [3.8, 4) is 42.0 Å². The van der Waals surface area contributed by atoms with E-state index < -0.39 is 0 Å². The predicted octanol–water partition coefficient (Wildman–Crippen LogP) is 13.7. The van der Waals surface area contributed by atoms with E-state index in [0.717, 1.165) is 16.8 Å². The topological polar surface area (TPSA) is 25.8 Å². The Balaban J connectivity index is 1.55. The summed E-state index contributed by atoms with van der Waals surface area (Å²) in [6.45, 7) is 0. The van der Waals surface area contributed by atoms with Crippen molar-refractivity contribution >= 4 is 110 Å². The Hall–Kier alpha value is -4.98. The number of fused-ring (bicyclic) bond motifs is 6. The van der Waals surface area contributed by atoms with E-state index in [4.69, 9.17) is 9.97 Å². The van der Waals surface area contributed by atoms with Crippen LogP contribution in [0.4, 0.5) is 0 Å². The Bertz CT molecular complexity index is 2970. The highest BCUT2D eigenvalue weighted by molar-refractivity contribution is 7.15. The lowest BCUT2D eigenvalue weighted by Gasteiger charge is -2.22. The first-order valence-corrected chi connectivity index (χ1v) is 19.3. The van der Waals surface area contributed by atoms with Gasteiger partial charge in [-0.2, -0.15) is 0 Å². The molecule has 0 bridgehead atoms.